The lowest BCUT2D eigenvalue weighted by atomic mass is 9.64. The number of amides is 1. The summed E-state index contributed by atoms with van der Waals surface area (Å²) in [6, 6.07) is -0.0987. The number of carbonyl (C=O) groups excluding carboxylic acids is 2. The number of hydrogen-bond acceptors (Lipinski definition) is 5. The SMILES string of the molecule is CC1(C)CC(CN(CC(=O)c2c(Cl)cncc2Cl)C(=O)c2cnn(C3CCC(C)(C(=O)O)CC3)c2Cl)C1. The topological polar surface area (TPSA) is 105 Å². The number of halogens is 3. The Kier molecular flexibility index (Phi) is 7.94. The van der Waals surface area contributed by atoms with Gasteiger partial charge in [0.25, 0.3) is 5.91 Å². The predicted octanol–water partition coefficient (Wildman–Crippen LogP) is 6.21. The Hall–Kier alpha value is -2.16. The third-order valence-corrected chi connectivity index (χ3v) is 8.75. The molecular weight excluding hydrogens is 539 g/mol. The largest absolute Gasteiger partial charge is 0.481 e. The van der Waals surface area contributed by atoms with E-state index >= 15 is 0 Å². The van der Waals surface area contributed by atoms with Crippen molar-refractivity contribution in [2.24, 2.45) is 16.7 Å². The molecule has 0 unspecified atom stereocenters. The summed E-state index contributed by atoms with van der Waals surface area (Å²) in [5, 5.41) is 14.4. The molecule has 200 valence electrons. The number of aromatic nitrogens is 3. The van der Waals surface area contributed by atoms with Crippen molar-refractivity contribution < 1.29 is 19.5 Å². The van der Waals surface area contributed by atoms with Crippen LogP contribution in [0.15, 0.2) is 18.6 Å². The Morgan fingerprint density at radius 1 is 1.05 bits per heavy atom. The second-order valence-electron chi connectivity index (χ2n) is 11.4. The van der Waals surface area contributed by atoms with Gasteiger partial charge in [0.15, 0.2) is 5.78 Å². The lowest BCUT2D eigenvalue weighted by Crippen LogP contribution is -2.44. The minimum absolute atomic E-state index is 0.0987. The van der Waals surface area contributed by atoms with E-state index in [0.29, 0.717) is 32.2 Å². The van der Waals surface area contributed by atoms with E-state index in [0.717, 1.165) is 12.8 Å². The van der Waals surface area contributed by atoms with Crippen molar-refractivity contribution in [3.8, 4) is 0 Å². The molecule has 0 aliphatic heterocycles. The maximum absolute atomic E-state index is 13.7. The molecule has 0 spiro atoms. The highest BCUT2D eigenvalue weighted by Gasteiger charge is 2.40. The minimum Gasteiger partial charge on any atom is -0.481 e. The molecule has 11 heteroatoms. The van der Waals surface area contributed by atoms with Gasteiger partial charge in [-0.2, -0.15) is 5.10 Å². The molecule has 0 radical (unpaired) electrons. The number of nitrogens with zero attached hydrogens (tertiary/aromatic N) is 4. The highest BCUT2D eigenvalue weighted by Crippen LogP contribution is 2.45. The van der Waals surface area contributed by atoms with Crippen LogP contribution in [-0.2, 0) is 4.79 Å². The van der Waals surface area contributed by atoms with E-state index in [4.69, 9.17) is 34.8 Å². The number of hydrogen-bond donors (Lipinski definition) is 1. The average Bonchev–Trinajstić information content (AvgIpc) is 3.18. The zero-order chi connectivity index (χ0) is 27.1. The van der Waals surface area contributed by atoms with Gasteiger partial charge in [-0.15, -0.1) is 0 Å². The monoisotopic (exact) mass is 568 g/mol. The first-order valence-electron chi connectivity index (χ1n) is 12.4. The first-order valence-corrected chi connectivity index (χ1v) is 13.5. The summed E-state index contributed by atoms with van der Waals surface area (Å²) in [5.41, 5.74) is -0.213. The number of carboxylic acid groups (broad SMARTS) is 1. The highest BCUT2D eigenvalue weighted by atomic mass is 35.5. The van der Waals surface area contributed by atoms with Gasteiger partial charge >= 0.3 is 5.97 Å². The number of pyridine rings is 1. The number of rotatable bonds is 8. The van der Waals surface area contributed by atoms with Crippen molar-refractivity contribution in [2.45, 2.75) is 65.3 Å². The third-order valence-electron chi connectivity index (χ3n) is 7.80. The second-order valence-corrected chi connectivity index (χ2v) is 12.6. The average molecular weight is 570 g/mol. The molecule has 0 saturated heterocycles. The van der Waals surface area contributed by atoms with Gasteiger partial charge in [0.05, 0.1) is 45.4 Å². The van der Waals surface area contributed by atoms with Crippen LogP contribution >= 0.6 is 34.8 Å². The van der Waals surface area contributed by atoms with E-state index in [-0.39, 0.29) is 61.9 Å². The quantitative estimate of drug-likeness (QED) is 0.379. The Morgan fingerprint density at radius 3 is 2.19 bits per heavy atom. The van der Waals surface area contributed by atoms with Crippen LogP contribution in [0.25, 0.3) is 0 Å². The summed E-state index contributed by atoms with van der Waals surface area (Å²) in [7, 11) is 0. The van der Waals surface area contributed by atoms with Crippen LogP contribution in [0.3, 0.4) is 0 Å². The molecule has 2 fully saturated rings. The van der Waals surface area contributed by atoms with E-state index in [1.807, 2.05) is 0 Å². The van der Waals surface area contributed by atoms with Crippen molar-refractivity contribution in [3.63, 3.8) is 0 Å². The van der Waals surface area contributed by atoms with Gasteiger partial charge in [-0.05, 0) is 56.8 Å². The maximum Gasteiger partial charge on any atom is 0.309 e. The number of Topliss-reactive ketones (excluding diaryl/α,β-unsaturated/α-hetero) is 1. The van der Waals surface area contributed by atoms with Gasteiger partial charge in [0, 0.05) is 18.9 Å². The minimum atomic E-state index is -0.803. The zero-order valence-electron chi connectivity index (χ0n) is 21.1. The molecular formula is C26H31Cl3N4O4. The van der Waals surface area contributed by atoms with Crippen LogP contribution in [-0.4, -0.2) is 55.5 Å². The molecule has 0 aromatic carbocycles. The van der Waals surface area contributed by atoms with Crippen LogP contribution in [0.5, 0.6) is 0 Å². The van der Waals surface area contributed by atoms with Gasteiger partial charge in [-0.25, -0.2) is 0 Å². The Balaban J connectivity index is 1.55. The van der Waals surface area contributed by atoms with Crippen molar-refractivity contribution >= 4 is 52.5 Å². The van der Waals surface area contributed by atoms with E-state index in [2.05, 4.69) is 23.9 Å². The van der Waals surface area contributed by atoms with E-state index in [1.165, 1.54) is 23.5 Å². The molecule has 2 aliphatic carbocycles. The lowest BCUT2D eigenvalue weighted by molar-refractivity contribution is -0.150. The Bertz CT molecular complexity index is 1190. The number of aliphatic carboxylic acids is 1. The van der Waals surface area contributed by atoms with Gasteiger partial charge in [-0.3, -0.25) is 24.0 Å². The highest BCUT2D eigenvalue weighted by molar-refractivity contribution is 6.39. The van der Waals surface area contributed by atoms with Gasteiger partial charge in [0.2, 0.25) is 0 Å². The molecule has 0 atom stereocenters. The number of carboxylic acids is 1. The summed E-state index contributed by atoms with van der Waals surface area (Å²) >= 11 is 19.1. The second kappa shape index (κ2) is 10.5. The molecule has 37 heavy (non-hydrogen) atoms. The van der Waals surface area contributed by atoms with Crippen LogP contribution in [0.4, 0.5) is 0 Å². The summed E-state index contributed by atoms with van der Waals surface area (Å²) in [6.45, 7) is 6.30. The van der Waals surface area contributed by atoms with Gasteiger partial charge < -0.3 is 10.0 Å². The van der Waals surface area contributed by atoms with Crippen molar-refractivity contribution in [2.75, 3.05) is 13.1 Å². The van der Waals surface area contributed by atoms with Crippen LogP contribution in [0, 0.1) is 16.7 Å². The molecule has 0 bridgehead atoms. The summed E-state index contributed by atoms with van der Waals surface area (Å²) in [4.78, 5) is 43.9. The fraction of sp³-hybridized carbons (Fsp3) is 0.577. The summed E-state index contributed by atoms with van der Waals surface area (Å²) in [5.74, 6) is -1.31. The molecule has 1 amide bonds. The smallest absolute Gasteiger partial charge is 0.309 e. The van der Waals surface area contributed by atoms with Crippen LogP contribution in [0.2, 0.25) is 15.2 Å². The molecule has 2 saturated carbocycles. The fourth-order valence-corrected chi connectivity index (χ4v) is 6.59. The molecule has 4 rings (SSSR count). The van der Waals surface area contributed by atoms with Gasteiger partial charge in [0.1, 0.15) is 5.15 Å². The molecule has 2 aromatic rings. The predicted molar refractivity (Wildman–Crippen MR) is 141 cm³/mol. The summed E-state index contributed by atoms with van der Waals surface area (Å²) < 4.78 is 1.61. The first-order chi connectivity index (χ1) is 17.3. The summed E-state index contributed by atoms with van der Waals surface area (Å²) in [6.07, 6.45) is 8.20. The molecule has 1 N–H and O–H groups in total. The van der Waals surface area contributed by atoms with E-state index in [9.17, 15) is 19.5 Å². The van der Waals surface area contributed by atoms with Crippen molar-refractivity contribution in [1.82, 2.24) is 19.7 Å². The molecule has 8 nitrogen and oxygen atoms in total. The molecule has 2 heterocycles. The Morgan fingerprint density at radius 2 is 1.65 bits per heavy atom. The fourth-order valence-electron chi connectivity index (χ4n) is 5.71. The van der Waals surface area contributed by atoms with Crippen molar-refractivity contribution in [3.05, 3.63) is 44.9 Å². The van der Waals surface area contributed by atoms with Crippen molar-refractivity contribution in [1.29, 1.82) is 0 Å². The first kappa shape index (κ1) is 27.9. The molecule has 2 aliphatic rings. The number of carbonyl (C=O) groups is 3. The lowest BCUT2D eigenvalue weighted by Gasteiger charge is -2.44. The number of ketones is 1. The third kappa shape index (κ3) is 5.81. The zero-order valence-corrected chi connectivity index (χ0v) is 23.4. The van der Waals surface area contributed by atoms with Crippen LogP contribution < -0.4 is 0 Å². The maximum atomic E-state index is 13.7. The van der Waals surface area contributed by atoms with E-state index in [1.54, 1.807) is 11.6 Å². The van der Waals surface area contributed by atoms with E-state index < -0.39 is 11.4 Å². The normalized spacial score (nSPS) is 23.4. The van der Waals surface area contributed by atoms with Crippen LogP contribution in [0.1, 0.15) is 86.1 Å². The Labute approximate surface area is 231 Å². The van der Waals surface area contributed by atoms with Gasteiger partial charge in [-0.1, -0.05) is 48.7 Å². The molecule has 2 aromatic heterocycles. The standard InChI is InChI=1S/C26H31Cl3N4O4/c1-25(2)8-15(9-25)13-32(14-20(34)21-18(27)11-30-12-19(21)28)23(35)17-10-31-33(22(17)29)16-4-6-26(3,7-5-16)24(36)37/h10-12,15-16H,4-9,13-14H2,1-3H3,(H,36,37).